The lowest BCUT2D eigenvalue weighted by atomic mass is 9.57. The summed E-state index contributed by atoms with van der Waals surface area (Å²) in [7, 11) is 0. The number of aliphatic hydroxyl groups is 1. The van der Waals surface area contributed by atoms with Crippen LogP contribution in [-0.2, 0) is 0 Å². The minimum Gasteiger partial charge on any atom is -0.389 e. The van der Waals surface area contributed by atoms with Crippen LogP contribution >= 0.6 is 0 Å². The molecule has 0 aromatic rings. The Morgan fingerprint density at radius 2 is 1.68 bits per heavy atom. The molecular formula is C17H33NO. The van der Waals surface area contributed by atoms with Gasteiger partial charge in [-0.15, -0.1) is 0 Å². The molecule has 2 aliphatic rings. The molecule has 0 bridgehead atoms. The molecule has 0 saturated heterocycles. The summed E-state index contributed by atoms with van der Waals surface area (Å²) in [4.78, 5) is 0. The van der Waals surface area contributed by atoms with E-state index >= 15 is 0 Å². The van der Waals surface area contributed by atoms with E-state index in [1.54, 1.807) is 0 Å². The van der Waals surface area contributed by atoms with Crippen LogP contribution in [0.25, 0.3) is 0 Å². The van der Waals surface area contributed by atoms with Crippen LogP contribution in [0.2, 0.25) is 0 Å². The first-order valence-electron chi connectivity index (χ1n) is 8.15. The zero-order valence-corrected chi connectivity index (χ0v) is 13.3. The molecule has 2 rings (SSSR count). The van der Waals surface area contributed by atoms with Crippen LogP contribution in [0.4, 0.5) is 0 Å². The van der Waals surface area contributed by atoms with Crippen molar-refractivity contribution in [3.63, 3.8) is 0 Å². The average molecular weight is 267 g/mol. The predicted octanol–water partition coefficient (Wildman–Crippen LogP) is 3.72. The quantitative estimate of drug-likeness (QED) is 0.801. The van der Waals surface area contributed by atoms with Crippen molar-refractivity contribution in [1.29, 1.82) is 0 Å². The Morgan fingerprint density at radius 3 is 2.05 bits per heavy atom. The Hall–Kier alpha value is -0.0800. The van der Waals surface area contributed by atoms with Crippen molar-refractivity contribution in [2.24, 2.45) is 28.4 Å². The predicted molar refractivity (Wildman–Crippen MR) is 80.9 cm³/mol. The second-order valence-electron chi connectivity index (χ2n) is 8.50. The summed E-state index contributed by atoms with van der Waals surface area (Å²) >= 11 is 0. The van der Waals surface area contributed by atoms with Gasteiger partial charge in [-0.3, -0.25) is 0 Å². The van der Waals surface area contributed by atoms with E-state index in [-0.39, 0.29) is 5.41 Å². The number of hydrogen-bond donors (Lipinski definition) is 2. The van der Waals surface area contributed by atoms with Gasteiger partial charge in [-0.05, 0) is 62.2 Å². The Balaban J connectivity index is 2.10. The van der Waals surface area contributed by atoms with Crippen LogP contribution in [0.3, 0.4) is 0 Å². The van der Waals surface area contributed by atoms with E-state index in [0.29, 0.717) is 17.9 Å². The summed E-state index contributed by atoms with van der Waals surface area (Å²) in [5.41, 5.74) is 6.06. The second kappa shape index (κ2) is 5.04. The number of hydrogen-bond acceptors (Lipinski definition) is 2. The molecule has 3 N–H and O–H groups in total. The Kier molecular flexibility index (Phi) is 4.06. The van der Waals surface area contributed by atoms with Gasteiger partial charge in [-0.25, -0.2) is 0 Å². The van der Waals surface area contributed by atoms with Crippen LogP contribution in [0.15, 0.2) is 0 Å². The molecule has 0 aliphatic heterocycles. The van der Waals surface area contributed by atoms with Crippen molar-refractivity contribution >= 4 is 0 Å². The zero-order valence-electron chi connectivity index (χ0n) is 13.3. The summed E-state index contributed by atoms with van der Waals surface area (Å²) < 4.78 is 0. The summed E-state index contributed by atoms with van der Waals surface area (Å²) in [6.07, 6.45) is 7.80. The van der Waals surface area contributed by atoms with E-state index in [1.165, 1.54) is 19.3 Å². The molecule has 112 valence electrons. The topological polar surface area (TPSA) is 46.2 Å². The third-order valence-electron chi connectivity index (χ3n) is 6.28. The van der Waals surface area contributed by atoms with Crippen LogP contribution < -0.4 is 5.73 Å². The Labute approximate surface area is 119 Å². The van der Waals surface area contributed by atoms with Gasteiger partial charge in [0, 0.05) is 12.0 Å². The number of rotatable bonds is 2. The van der Waals surface area contributed by atoms with Gasteiger partial charge < -0.3 is 10.8 Å². The SMILES string of the molecule is CC1CCC(O)(C2(CN)CCC(C(C)(C)C)CC2)C1. The van der Waals surface area contributed by atoms with Gasteiger partial charge in [0.15, 0.2) is 0 Å². The first kappa shape index (κ1) is 15.3. The van der Waals surface area contributed by atoms with E-state index in [9.17, 15) is 5.11 Å². The highest BCUT2D eigenvalue weighted by Crippen LogP contribution is 2.55. The maximum absolute atomic E-state index is 11.1. The van der Waals surface area contributed by atoms with E-state index in [1.807, 2.05) is 0 Å². The van der Waals surface area contributed by atoms with Crippen molar-refractivity contribution in [3.05, 3.63) is 0 Å². The highest BCUT2D eigenvalue weighted by atomic mass is 16.3. The zero-order chi connectivity index (χ0) is 14.3. The molecule has 2 nitrogen and oxygen atoms in total. The van der Waals surface area contributed by atoms with Crippen LogP contribution in [0.1, 0.15) is 72.6 Å². The fraction of sp³-hybridized carbons (Fsp3) is 1.00. The average Bonchev–Trinajstić information content (AvgIpc) is 2.69. The minimum atomic E-state index is -0.482. The summed E-state index contributed by atoms with van der Waals surface area (Å²) in [5.74, 6) is 1.45. The summed E-state index contributed by atoms with van der Waals surface area (Å²) in [6, 6.07) is 0. The Bertz CT molecular complexity index is 312. The van der Waals surface area contributed by atoms with Crippen LogP contribution in [0.5, 0.6) is 0 Å². The van der Waals surface area contributed by atoms with Gasteiger partial charge in [0.05, 0.1) is 5.60 Å². The van der Waals surface area contributed by atoms with Gasteiger partial charge in [0.25, 0.3) is 0 Å². The molecular weight excluding hydrogens is 234 g/mol. The van der Waals surface area contributed by atoms with Crippen molar-refractivity contribution in [2.75, 3.05) is 6.54 Å². The molecule has 2 atom stereocenters. The summed E-state index contributed by atoms with van der Waals surface area (Å²) in [6.45, 7) is 9.97. The fourth-order valence-electron chi connectivity index (χ4n) is 4.64. The monoisotopic (exact) mass is 267 g/mol. The lowest BCUT2D eigenvalue weighted by Crippen LogP contribution is -2.53. The van der Waals surface area contributed by atoms with Crippen molar-refractivity contribution in [3.8, 4) is 0 Å². The van der Waals surface area contributed by atoms with Crippen LogP contribution in [0, 0.1) is 22.7 Å². The lowest BCUT2D eigenvalue weighted by Gasteiger charge is -2.51. The van der Waals surface area contributed by atoms with Crippen molar-refractivity contribution < 1.29 is 5.11 Å². The van der Waals surface area contributed by atoms with Gasteiger partial charge in [-0.1, -0.05) is 27.7 Å². The van der Waals surface area contributed by atoms with Gasteiger partial charge in [0.1, 0.15) is 0 Å². The first-order chi connectivity index (χ1) is 8.72. The van der Waals surface area contributed by atoms with E-state index in [4.69, 9.17) is 5.73 Å². The smallest absolute Gasteiger partial charge is 0.0718 e. The molecule has 2 unspecified atom stereocenters. The van der Waals surface area contributed by atoms with Crippen LogP contribution in [-0.4, -0.2) is 17.3 Å². The van der Waals surface area contributed by atoms with Gasteiger partial charge >= 0.3 is 0 Å². The summed E-state index contributed by atoms with van der Waals surface area (Å²) in [5, 5.41) is 11.1. The highest BCUT2D eigenvalue weighted by Gasteiger charge is 2.53. The maximum atomic E-state index is 11.1. The van der Waals surface area contributed by atoms with Crippen molar-refractivity contribution in [2.45, 2.75) is 78.2 Å². The molecule has 2 fully saturated rings. The molecule has 0 heterocycles. The van der Waals surface area contributed by atoms with E-state index < -0.39 is 5.60 Å². The fourth-order valence-corrected chi connectivity index (χ4v) is 4.64. The van der Waals surface area contributed by atoms with Gasteiger partial charge in [-0.2, -0.15) is 0 Å². The third kappa shape index (κ3) is 2.71. The standard InChI is InChI=1S/C17H33NO/c1-13-5-10-17(19,11-13)16(12-18)8-6-14(7-9-16)15(2,3)4/h13-14,19H,5-12,18H2,1-4H3. The van der Waals surface area contributed by atoms with E-state index in [0.717, 1.165) is 31.6 Å². The molecule has 2 aliphatic carbocycles. The molecule has 19 heavy (non-hydrogen) atoms. The lowest BCUT2D eigenvalue weighted by molar-refractivity contribution is -0.108. The van der Waals surface area contributed by atoms with Gasteiger partial charge in [0.2, 0.25) is 0 Å². The molecule has 0 amide bonds. The minimum absolute atomic E-state index is 0.000486. The highest BCUT2D eigenvalue weighted by molar-refractivity contribution is 5.06. The first-order valence-corrected chi connectivity index (χ1v) is 8.15. The molecule has 2 saturated carbocycles. The number of nitrogens with two attached hydrogens (primary N) is 1. The molecule has 0 radical (unpaired) electrons. The molecule has 2 heteroatoms. The normalized spacial score (nSPS) is 44.5. The molecule has 0 spiro atoms. The second-order valence-corrected chi connectivity index (χ2v) is 8.50. The third-order valence-corrected chi connectivity index (χ3v) is 6.28. The molecule has 0 aromatic heterocycles. The van der Waals surface area contributed by atoms with Crippen molar-refractivity contribution in [1.82, 2.24) is 0 Å². The Morgan fingerprint density at radius 1 is 1.11 bits per heavy atom. The van der Waals surface area contributed by atoms with E-state index in [2.05, 4.69) is 27.7 Å². The molecule has 0 aromatic carbocycles. The maximum Gasteiger partial charge on any atom is 0.0718 e. The largest absolute Gasteiger partial charge is 0.389 e.